The summed E-state index contributed by atoms with van der Waals surface area (Å²) in [5, 5.41) is 6.25. The second kappa shape index (κ2) is 10.3. The molecule has 1 aliphatic heterocycles. The lowest BCUT2D eigenvalue weighted by Gasteiger charge is -2.27. The molecule has 0 radical (unpaired) electrons. The van der Waals surface area contributed by atoms with Crippen LogP contribution in [0.4, 0.5) is 0 Å². The van der Waals surface area contributed by atoms with Crippen molar-refractivity contribution < 1.29 is 9.53 Å². The number of hydrogen-bond acceptors (Lipinski definition) is 4. The Kier molecular flexibility index (Phi) is 7.94. The molecule has 5 heteroatoms. The van der Waals surface area contributed by atoms with Gasteiger partial charge < -0.3 is 20.3 Å². The van der Waals surface area contributed by atoms with Gasteiger partial charge in [-0.05, 0) is 24.9 Å². The monoisotopic (exact) mass is 305 g/mol. The maximum atomic E-state index is 11.6. The Balaban J connectivity index is 1.44. The van der Waals surface area contributed by atoms with Crippen LogP contribution in [0.1, 0.15) is 12.0 Å². The van der Waals surface area contributed by atoms with Crippen LogP contribution >= 0.6 is 0 Å². The highest BCUT2D eigenvalue weighted by molar-refractivity contribution is 5.77. The molecule has 22 heavy (non-hydrogen) atoms. The summed E-state index contributed by atoms with van der Waals surface area (Å²) < 4.78 is 5.42. The molecule has 1 heterocycles. The van der Waals surface area contributed by atoms with Crippen LogP contribution in [0.5, 0.6) is 0 Å². The number of carbonyl (C=O) groups is 1. The molecule has 0 unspecified atom stereocenters. The Labute approximate surface area is 133 Å². The predicted octanol–water partition coefficient (Wildman–Crippen LogP) is 0.657. The lowest BCUT2D eigenvalue weighted by molar-refractivity contribution is -0.125. The quantitative estimate of drug-likeness (QED) is 0.658. The van der Waals surface area contributed by atoms with Crippen LogP contribution in [0.25, 0.3) is 0 Å². The lowest BCUT2D eigenvalue weighted by Crippen LogP contribution is -2.44. The molecule has 1 aromatic rings. The summed E-state index contributed by atoms with van der Waals surface area (Å²) in [5.41, 5.74) is 1.24. The topological polar surface area (TPSA) is 53.6 Å². The average Bonchev–Trinajstić information content (AvgIpc) is 2.57. The van der Waals surface area contributed by atoms with Gasteiger partial charge in [0.15, 0.2) is 0 Å². The Morgan fingerprint density at radius 3 is 2.77 bits per heavy atom. The first-order chi connectivity index (χ1) is 10.8. The maximum Gasteiger partial charge on any atom is 0.245 e. The molecule has 1 amide bonds. The number of hydrogen-bond donors (Lipinski definition) is 2. The summed E-state index contributed by atoms with van der Waals surface area (Å²) >= 11 is 0. The predicted molar refractivity (Wildman–Crippen MR) is 87.9 cm³/mol. The molecule has 1 fully saturated rings. The fourth-order valence-corrected chi connectivity index (χ4v) is 2.52. The van der Waals surface area contributed by atoms with E-state index in [-0.39, 0.29) is 12.5 Å². The molecule has 122 valence electrons. The minimum Gasteiger partial charge on any atom is -0.371 e. The number of nitrogens with one attached hydrogen (secondary N) is 2. The molecule has 0 atom stereocenters. The summed E-state index contributed by atoms with van der Waals surface area (Å²) in [6.45, 7) is 6.87. The SMILES string of the molecule is O=C(COCCc1ccccc1)NCCCN1CCNCC1. The third-order valence-corrected chi connectivity index (χ3v) is 3.79. The van der Waals surface area contributed by atoms with E-state index in [4.69, 9.17) is 4.74 Å². The van der Waals surface area contributed by atoms with Gasteiger partial charge in [0.1, 0.15) is 6.61 Å². The van der Waals surface area contributed by atoms with Crippen molar-refractivity contribution >= 4 is 5.91 Å². The van der Waals surface area contributed by atoms with Crippen LogP contribution in [-0.4, -0.2) is 63.3 Å². The maximum absolute atomic E-state index is 11.6. The first-order valence-electron chi connectivity index (χ1n) is 8.16. The Morgan fingerprint density at radius 1 is 1.23 bits per heavy atom. The first kappa shape index (κ1) is 16.9. The fraction of sp³-hybridized carbons (Fsp3) is 0.588. The lowest BCUT2D eigenvalue weighted by atomic mass is 10.2. The van der Waals surface area contributed by atoms with Crippen molar-refractivity contribution in [2.45, 2.75) is 12.8 Å². The van der Waals surface area contributed by atoms with Gasteiger partial charge in [-0.15, -0.1) is 0 Å². The van der Waals surface area contributed by atoms with Crippen molar-refractivity contribution in [3.05, 3.63) is 35.9 Å². The number of nitrogens with zero attached hydrogens (tertiary/aromatic N) is 1. The highest BCUT2D eigenvalue weighted by Crippen LogP contribution is 1.99. The van der Waals surface area contributed by atoms with Gasteiger partial charge in [-0.1, -0.05) is 30.3 Å². The van der Waals surface area contributed by atoms with E-state index in [1.54, 1.807) is 0 Å². The van der Waals surface area contributed by atoms with Gasteiger partial charge in [-0.2, -0.15) is 0 Å². The van der Waals surface area contributed by atoms with E-state index in [1.807, 2.05) is 18.2 Å². The van der Waals surface area contributed by atoms with E-state index in [0.29, 0.717) is 6.61 Å². The van der Waals surface area contributed by atoms with E-state index in [0.717, 1.165) is 52.1 Å². The van der Waals surface area contributed by atoms with E-state index in [1.165, 1.54) is 5.56 Å². The second-order valence-electron chi connectivity index (χ2n) is 5.58. The highest BCUT2D eigenvalue weighted by atomic mass is 16.5. The zero-order valence-corrected chi connectivity index (χ0v) is 13.2. The fourth-order valence-electron chi connectivity index (χ4n) is 2.52. The van der Waals surface area contributed by atoms with Crippen LogP contribution < -0.4 is 10.6 Å². The molecule has 0 saturated carbocycles. The van der Waals surface area contributed by atoms with Crippen LogP contribution in [0.15, 0.2) is 30.3 Å². The molecule has 1 aliphatic rings. The van der Waals surface area contributed by atoms with E-state index in [2.05, 4.69) is 27.7 Å². The number of amides is 1. The van der Waals surface area contributed by atoms with Crippen molar-refractivity contribution in [3.8, 4) is 0 Å². The molecule has 1 aromatic carbocycles. The van der Waals surface area contributed by atoms with E-state index in [9.17, 15) is 4.79 Å². The zero-order chi connectivity index (χ0) is 15.5. The van der Waals surface area contributed by atoms with Gasteiger partial charge in [0, 0.05) is 32.7 Å². The molecular formula is C17H27N3O2. The summed E-state index contributed by atoms with van der Waals surface area (Å²) in [7, 11) is 0. The van der Waals surface area contributed by atoms with Gasteiger partial charge in [0.25, 0.3) is 0 Å². The third-order valence-electron chi connectivity index (χ3n) is 3.79. The van der Waals surface area contributed by atoms with Crippen molar-refractivity contribution in [1.82, 2.24) is 15.5 Å². The Hall–Kier alpha value is -1.43. The van der Waals surface area contributed by atoms with Gasteiger partial charge in [0.2, 0.25) is 5.91 Å². The summed E-state index contributed by atoms with van der Waals surface area (Å²) in [6, 6.07) is 10.2. The largest absolute Gasteiger partial charge is 0.371 e. The van der Waals surface area contributed by atoms with Crippen LogP contribution in [0.2, 0.25) is 0 Å². The molecule has 5 nitrogen and oxygen atoms in total. The van der Waals surface area contributed by atoms with Gasteiger partial charge >= 0.3 is 0 Å². The van der Waals surface area contributed by atoms with Gasteiger partial charge in [-0.3, -0.25) is 4.79 Å². The third kappa shape index (κ3) is 7.02. The second-order valence-corrected chi connectivity index (χ2v) is 5.58. The normalized spacial score (nSPS) is 15.6. The zero-order valence-electron chi connectivity index (χ0n) is 13.2. The number of carbonyl (C=O) groups excluding carboxylic acids is 1. The van der Waals surface area contributed by atoms with Crippen LogP contribution in [0, 0.1) is 0 Å². The molecule has 0 aromatic heterocycles. The van der Waals surface area contributed by atoms with Crippen molar-refractivity contribution in [1.29, 1.82) is 0 Å². The average molecular weight is 305 g/mol. The summed E-state index contributed by atoms with van der Waals surface area (Å²) in [6.07, 6.45) is 1.84. The molecule has 2 N–H and O–H groups in total. The van der Waals surface area contributed by atoms with E-state index >= 15 is 0 Å². The van der Waals surface area contributed by atoms with Crippen LogP contribution in [0.3, 0.4) is 0 Å². The van der Waals surface area contributed by atoms with Crippen LogP contribution in [-0.2, 0) is 16.0 Å². The number of benzene rings is 1. The highest BCUT2D eigenvalue weighted by Gasteiger charge is 2.08. The summed E-state index contributed by atoms with van der Waals surface area (Å²) in [5.74, 6) is -0.0200. The van der Waals surface area contributed by atoms with E-state index < -0.39 is 0 Å². The molecule has 1 saturated heterocycles. The van der Waals surface area contributed by atoms with Gasteiger partial charge in [0.05, 0.1) is 6.61 Å². The number of rotatable bonds is 9. The minimum absolute atomic E-state index is 0.0200. The minimum atomic E-state index is -0.0200. The smallest absolute Gasteiger partial charge is 0.245 e. The summed E-state index contributed by atoms with van der Waals surface area (Å²) in [4.78, 5) is 14.1. The molecule has 0 spiro atoms. The Morgan fingerprint density at radius 2 is 2.00 bits per heavy atom. The standard InChI is InChI=1S/C17H27N3O2/c21-17(15-22-14-7-16-5-2-1-3-6-16)19-8-4-11-20-12-9-18-10-13-20/h1-3,5-6,18H,4,7-15H2,(H,19,21). The number of ether oxygens (including phenoxy) is 1. The molecule has 0 bridgehead atoms. The molecular weight excluding hydrogens is 278 g/mol. The van der Waals surface area contributed by atoms with Crippen molar-refractivity contribution in [2.24, 2.45) is 0 Å². The van der Waals surface area contributed by atoms with Gasteiger partial charge in [-0.25, -0.2) is 0 Å². The number of piperazine rings is 1. The molecule has 2 rings (SSSR count). The van der Waals surface area contributed by atoms with Crippen molar-refractivity contribution in [2.75, 3.05) is 52.5 Å². The molecule has 0 aliphatic carbocycles. The van der Waals surface area contributed by atoms with Crippen molar-refractivity contribution in [3.63, 3.8) is 0 Å². The first-order valence-corrected chi connectivity index (χ1v) is 8.16. The Bertz CT molecular complexity index is 419.